The number of nitrogens with zero attached hydrogens (tertiary/aromatic N) is 1. The Hall–Kier alpha value is -0.570. The number of rotatable bonds is 1. The van der Waals surface area contributed by atoms with Crippen LogP contribution < -0.4 is 0 Å². The van der Waals surface area contributed by atoms with Gasteiger partial charge in [-0.25, -0.2) is 0 Å². The molecular weight excluding hydrogens is 154 g/mol. The Labute approximate surface area is 73.7 Å². The minimum Gasteiger partial charge on any atom is -0.356 e. The zero-order valence-corrected chi connectivity index (χ0v) is 8.20. The zero-order chi connectivity index (χ0) is 9.35. The van der Waals surface area contributed by atoms with E-state index in [0.29, 0.717) is 6.61 Å². The van der Waals surface area contributed by atoms with Gasteiger partial charge in [-0.05, 0) is 6.92 Å². The van der Waals surface area contributed by atoms with Crippen molar-refractivity contribution in [2.75, 3.05) is 6.61 Å². The Morgan fingerprint density at radius 2 is 2.08 bits per heavy atom. The zero-order valence-electron chi connectivity index (χ0n) is 8.20. The highest BCUT2D eigenvalue weighted by Gasteiger charge is 2.38. The molecule has 0 aromatic heterocycles. The summed E-state index contributed by atoms with van der Waals surface area (Å²) in [5.74, 6) is 0. The van der Waals surface area contributed by atoms with Crippen molar-refractivity contribution < 1.29 is 9.53 Å². The molecule has 0 saturated carbocycles. The van der Waals surface area contributed by atoms with Gasteiger partial charge in [-0.15, -0.1) is 0 Å². The van der Waals surface area contributed by atoms with E-state index in [0.717, 1.165) is 6.41 Å². The molecule has 1 rings (SSSR count). The summed E-state index contributed by atoms with van der Waals surface area (Å²) in [6.07, 6.45) is 0.818. The average Bonchev–Trinajstić information content (AvgIpc) is 2.29. The van der Waals surface area contributed by atoms with Crippen molar-refractivity contribution in [1.82, 2.24) is 4.90 Å². The topological polar surface area (TPSA) is 29.5 Å². The maximum absolute atomic E-state index is 10.7. The Kier molecular flexibility index (Phi) is 2.42. The van der Waals surface area contributed by atoms with Gasteiger partial charge in [0.25, 0.3) is 0 Å². The van der Waals surface area contributed by atoms with Gasteiger partial charge in [-0.3, -0.25) is 4.79 Å². The number of amides is 1. The Morgan fingerprint density at radius 1 is 1.50 bits per heavy atom. The van der Waals surface area contributed by atoms with E-state index in [1.807, 2.05) is 6.92 Å². The minimum atomic E-state index is -0.0648. The highest BCUT2D eigenvalue weighted by Crippen LogP contribution is 2.30. The molecule has 0 spiro atoms. The minimum absolute atomic E-state index is 0.00562. The van der Waals surface area contributed by atoms with E-state index in [2.05, 4.69) is 20.8 Å². The summed E-state index contributed by atoms with van der Waals surface area (Å²) in [4.78, 5) is 12.5. The van der Waals surface area contributed by atoms with Crippen LogP contribution in [0.2, 0.25) is 0 Å². The van der Waals surface area contributed by atoms with Crippen LogP contribution in [0.15, 0.2) is 0 Å². The van der Waals surface area contributed by atoms with E-state index in [9.17, 15) is 4.79 Å². The first kappa shape index (κ1) is 9.52. The van der Waals surface area contributed by atoms with E-state index >= 15 is 0 Å². The second-order valence-corrected chi connectivity index (χ2v) is 4.45. The fraction of sp³-hybridized carbons (Fsp3) is 0.889. The van der Waals surface area contributed by atoms with Gasteiger partial charge in [0.1, 0.15) is 6.23 Å². The quantitative estimate of drug-likeness (QED) is 0.555. The Bertz CT molecular complexity index is 174. The highest BCUT2D eigenvalue weighted by molar-refractivity contribution is 5.48. The van der Waals surface area contributed by atoms with Gasteiger partial charge in [0.2, 0.25) is 6.41 Å². The SMILES string of the molecule is CC1CO[C@H](C(C)(C)C)N1C=O. The fourth-order valence-electron chi connectivity index (χ4n) is 1.49. The van der Waals surface area contributed by atoms with Crippen molar-refractivity contribution in [3.05, 3.63) is 0 Å². The van der Waals surface area contributed by atoms with Crippen LogP contribution in [0, 0.1) is 5.41 Å². The fourth-order valence-corrected chi connectivity index (χ4v) is 1.49. The maximum Gasteiger partial charge on any atom is 0.212 e. The number of hydrogen-bond acceptors (Lipinski definition) is 2. The molecule has 1 aliphatic heterocycles. The van der Waals surface area contributed by atoms with E-state index in [1.54, 1.807) is 4.90 Å². The van der Waals surface area contributed by atoms with E-state index in [-0.39, 0.29) is 17.7 Å². The smallest absolute Gasteiger partial charge is 0.212 e. The lowest BCUT2D eigenvalue weighted by atomic mass is 9.93. The van der Waals surface area contributed by atoms with Gasteiger partial charge in [0.15, 0.2) is 0 Å². The standard InChI is InChI=1S/C9H17NO2/c1-7-5-12-8(9(2,3)4)10(7)6-11/h6-8H,5H2,1-4H3/t7?,8-/m1/s1. The number of carbonyl (C=O) groups excluding carboxylic acids is 1. The third-order valence-electron chi connectivity index (χ3n) is 2.14. The molecule has 3 nitrogen and oxygen atoms in total. The largest absolute Gasteiger partial charge is 0.356 e. The number of ether oxygens (including phenoxy) is 1. The highest BCUT2D eigenvalue weighted by atomic mass is 16.5. The first-order valence-electron chi connectivity index (χ1n) is 4.31. The number of hydrogen-bond donors (Lipinski definition) is 0. The molecule has 1 fully saturated rings. The molecule has 2 atom stereocenters. The molecule has 0 bridgehead atoms. The summed E-state index contributed by atoms with van der Waals surface area (Å²) in [5.41, 5.74) is 0.00562. The molecule has 12 heavy (non-hydrogen) atoms. The molecule has 1 saturated heterocycles. The lowest BCUT2D eigenvalue weighted by Crippen LogP contribution is -2.42. The molecule has 0 radical (unpaired) electrons. The van der Waals surface area contributed by atoms with E-state index in [1.165, 1.54) is 0 Å². The summed E-state index contributed by atoms with van der Waals surface area (Å²) in [6, 6.07) is 0.215. The molecule has 1 unspecified atom stereocenters. The van der Waals surface area contributed by atoms with Crippen molar-refractivity contribution in [3.8, 4) is 0 Å². The third kappa shape index (κ3) is 1.61. The van der Waals surface area contributed by atoms with Crippen LogP contribution in [-0.4, -0.2) is 30.2 Å². The monoisotopic (exact) mass is 171 g/mol. The molecule has 0 N–H and O–H groups in total. The van der Waals surface area contributed by atoms with Crippen LogP contribution in [0.25, 0.3) is 0 Å². The van der Waals surface area contributed by atoms with Crippen LogP contribution in [-0.2, 0) is 9.53 Å². The first-order chi connectivity index (χ1) is 5.46. The predicted octanol–water partition coefficient (Wildman–Crippen LogP) is 1.24. The molecule has 0 aromatic rings. The lowest BCUT2D eigenvalue weighted by molar-refractivity contribution is -0.129. The summed E-state index contributed by atoms with van der Waals surface area (Å²) in [7, 11) is 0. The summed E-state index contributed by atoms with van der Waals surface area (Å²) >= 11 is 0. The van der Waals surface area contributed by atoms with Crippen LogP contribution in [0.1, 0.15) is 27.7 Å². The van der Waals surface area contributed by atoms with Gasteiger partial charge < -0.3 is 9.64 Å². The Morgan fingerprint density at radius 3 is 2.42 bits per heavy atom. The molecule has 3 heteroatoms. The van der Waals surface area contributed by atoms with Crippen LogP contribution in [0.3, 0.4) is 0 Å². The van der Waals surface area contributed by atoms with Crippen molar-refractivity contribution >= 4 is 6.41 Å². The van der Waals surface area contributed by atoms with Gasteiger partial charge in [0.05, 0.1) is 12.6 Å². The van der Waals surface area contributed by atoms with E-state index < -0.39 is 0 Å². The lowest BCUT2D eigenvalue weighted by Gasteiger charge is -2.32. The molecular formula is C9H17NO2. The molecule has 70 valence electrons. The van der Waals surface area contributed by atoms with Gasteiger partial charge in [-0.1, -0.05) is 20.8 Å². The van der Waals surface area contributed by atoms with Gasteiger partial charge in [-0.2, -0.15) is 0 Å². The third-order valence-corrected chi connectivity index (χ3v) is 2.14. The predicted molar refractivity (Wildman–Crippen MR) is 46.6 cm³/mol. The summed E-state index contributed by atoms with van der Waals surface area (Å²) in [6.45, 7) is 8.88. The molecule has 1 amide bonds. The van der Waals surface area contributed by atoms with E-state index in [4.69, 9.17) is 4.74 Å². The van der Waals surface area contributed by atoms with Crippen molar-refractivity contribution in [2.45, 2.75) is 40.0 Å². The first-order valence-corrected chi connectivity index (χ1v) is 4.31. The summed E-state index contributed by atoms with van der Waals surface area (Å²) < 4.78 is 5.53. The average molecular weight is 171 g/mol. The van der Waals surface area contributed by atoms with Gasteiger partial charge in [0, 0.05) is 5.41 Å². The van der Waals surface area contributed by atoms with Crippen LogP contribution >= 0.6 is 0 Å². The van der Waals surface area contributed by atoms with Crippen LogP contribution in [0.4, 0.5) is 0 Å². The molecule has 1 aliphatic rings. The second kappa shape index (κ2) is 3.05. The van der Waals surface area contributed by atoms with Crippen molar-refractivity contribution in [3.63, 3.8) is 0 Å². The van der Waals surface area contributed by atoms with Crippen LogP contribution in [0.5, 0.6) is 0 Å². The van der Waals surface area contributed by atoms with Gasteiger partial charge >= 0.3 is 0 Å². The molecule has 1 heterocycles. The van der Waals surface area contributed by atoms with Crippen molar-refractivity contribution in [2.24, 2.45) is 5.41 Å². The maximum atomic E-state index is 10.7. The normalized spacial score (nSPS) is 30.8. The summed E-state index contributed by atoms with van der Waals surface area (Å²) in [5, 5.41) is 0. The van der Waals surface area contributed by atoms with Crippen molar-refractivity contribution in [1.29, 1.82) is 0 Å². The molecule has 0 aliphatic carbocycles. The number of carbonyl (C=O) groups is 1. The molecule has 0 aromatic carbocycles. The Balaban J connectivity index is 2.73. The second-order valence-electron chi connectivity index (χ2n) is 4.45.